The molecule has 5 heteroatoms. The van der Waals surface area contributed by atoms with Crippen molar-refractivity contribution >= 4 is 5.91 Å². The number of carbonyl (C=O) groups excluding carboxylic acids is 1. The van der Waals surface area contributed by atoms with Gasteiger partial charge in [-0.2, -0.15) is 0 Å². The number of rotatable bonds is 9. The molecule has 0 aromatic heterocycles. The van der Waals surface area contributed by atoms with Crippen molar-refractivity contribution in [2.24, 2.45) is 0 Å². The smallest absolute Gasteiger partial charge is 0.251 e. The van der Waals surface area contributed by atoms with Gasteiger partial charge in [0.15, 0.2) is 0 Å². The highest BCUT2D eigenvalue weighted by atomic mass is 16.5. The Bertz CT molecular complexity index is 710. The van der Waals surface area contributed by atoms with Crippen LogP contribution in [0.2, 0.25) is 0 Å². The van der Waals surface area contributed by atoms with E-state index >= 15 is 0 Å². The molecule has 0 aliphatic carbocycles. The van der Waals surface area contributed by atoms with Gasteiger partial charge in [-0.25, -0.2) is 0 Å². The Balaban J connectivity index is 2.14. The van der Waals surface area contributed by atoms with E-state index < -0.39 is 0 Å². The molecule has 132 valence electrons. The fraction of sp³-hybridized carbons (Fsp3) is 0.250. The van der Waals surface area contributed by atoms with E-state index in [-0.39, 0.29) is 5.91 Å². The average Bonchev–Trinajstić information content (AvgIpc) is 2.65. The minimum absolute atomic E-state index is 0.159. The molecule has 25 heavy (non-hydrogen) atoms. The van der Waals surface area contributed by atoms with E-state index in [0.717, 1.165) is 11.3 Å². The third kappa shape index (κ3) is 5.28. The van der Waals surface area contributed by atoms with Crippen LogP contribution >= 0.6 is 0 Å². The van der Waals surface area contributed by atoms with E-state index in [0.29, 0.717) is 36.8 Å². The third-order valence-corrected chi connectivity index (χ3v) is 3.48. The van der Waals surface area contributed by atoms with Gasteiger partial charge in [-0.1, -0.05) is 6.08 Å². The first-order chi connectivity index (χ1) is 12.2. The lowest BCUT2D eigenvalue weighted by Crippen LogP contribution is -2.23. The van der Waals surface area contributed by atoms with Crippen LogP contribution in [0.1, 0.15) is 22.8 Å². The van der Waals surface area contributed by atoms with E-state index in [1.54, 1.807) is 31.4 Å². The van der Waals surface area contributed by atoms with Crippen molar-refractivity contribution in [1.82, 2.24) is 5.32 Å². The molecule has 1 N–H and O–H groups in total. The Morgan fingerprint density at radius 2 is 1.84 bits per heavy atom. The van der Waals surface area contributed by atoms with Gasteiger partial charge < -0.3 is 19.5 Å². The second kappa shape index (κ2) is 9.37. The van der Waals surface area contributed by atoms with Crippen LogP contribution < -0.4 is 19.5 Å². The van der Waals surface area contributed by atoms with Crippen LogP contribution in [-0.2, 0) is 6.61 Å². The maximum Gasteiger partial charge on any atom is 0.251 e. The molecular formula is C20H23NO4. The standard InChI is InChI=1S/C20H23NO4/c1-4-12-21-20(22)15-6-11-19(24-5-2)16(13-15)14-25-18-9-7-17(23-3)8-10-18/h4,6-11,13H,1,5,12,14H2,2-3H3,(H,21,22). The van der Waals surface area contributed by atoms with E-state index in [9.17, 15) is 4.79 Å². The predicted molar refractivity (Wildman–Crippen MR) is 97.5 cm³/mol. The van der Waals surface area contributed by atoms with E-state index in [1.807, 2.05) is 31.2 Å². The topological polar surface area (TPSA) is 56.8 Å². The van der Waals surface area contributed by atoms with Crippen molar-refractivity contribution in [3.05, 3.63) is 66.2 Å². The quantitative estimate of drug-likeness (QED) is 0.708. The molecule has 0 heterocycles. The summed E-state index contributed by atoms with van der Waals surface area (Å²) in [6.07, 6.45) is 1.64. The normalized spacial score (nSPS) is 10.0. The van der Waals surface area contributed by atoms with Crippen molar-refractivity contribution < 1.29 is 19.0 Å². The molecule has 0 radical (unpaired) electrons. The largest absolute Gasteiger partial charge is 0.497 e. The molecular weight excluding hydrogens is 318 g/mol. The predicted octanol–water partition coefficient (Wildman–Crippen LogP) is 3.59. The van der Waals surface area contributed by atoms with Gasteiger partial charge >= 0.3 is 0 Å². The minimum atomic E-state index is -0.159. The Hall–Kier alpha value is -2.95. The zero-order valence-electron chi connectivity index (χ0n) is 14.6. The van der Waals surface area contributed by atoms with Crippen molar-refractivity contribution in [2.75, 3.05) is 20.3 Å². The maximum atomic E-state index is 12.1. The minimum Gasteiger partial charge on any atom is -0.497 e. The molecule has 0 unspecified atom stereocenters. The van der Waals surface area contributed by atoms with Crippen LogP contribution in [0.15, 0.2) is 55.1 Å². The first-order valence-corrected chi connectivity index (χ1v) is 8.09. The number of amides is 1. The molecule has 0 atom stereocenters. The van der Waals surface area contributed by atoms with E-state index in [1.165, 1.54) is 0 Å². The zero-order chi connectivity index (χ0) is 18.1. The van der Waals surface area contributed by atoms with Crippen molar-refractivity contribution in [3.8, 4) is 17.2 Å². The number of hydrogen-bond acceptors (Lipinski definition) is 4. The van der Waals surface area contributed by atoms with E-state index in [4.69, 9.17) is 14.2 Å². The summed E-state index contributed by atoms with van der Waals surface area (Å²) in [5.74, 6) is 2.03. The van der Waals surface area contributed by atoms with Gasteiger partial charge in [0.05, 0.1) is 13.7 Å². The molecule has 0 saturated heterocycles. The van der Waals surface area contributed by atoms with Crippen LogP contribution in [-0.4, -0.2) is 26.2 Å². The average molecular weight is 341 g/mol. The van der Waals surface area contributed by atoms with Crippen LogP contribution in [0, 0.1) is 0 Å². The fourth-order valence-electron chi connectivity index (χ4n) is 2.23. The van der Waals surface area contributed by atoms with Crippen LogP contribution in [0.25, 0.3) is 0 Å². The summed E-state index contributed by atoms with van der Waals surface area (Å²) in [5, 5.41) is 2.76. The molecule has 0 aliphatic rings. The van der Waals surface area contributed by atoms with Gasteiger partial charge in [-0.3, -0.25) is 4.79 Å². The summed E-state index contributed by atoms with van der Waals surface area (Å²) < 4.78 is 16.6. The summed E-state index contributed by atoms with van der Waals surface area (Å²) in [5.41, 5.74) is 1.36. The summed E-state index contributed by atoms with van der Waals surface area (Å²) in [4.78, 5) is 12.1. The summed E-state index contributed by atoms with van der Waals surface area (Å²) in [6, 6.07) is 12.6. The number of carbonyl (C=O) groups is 1. The molecule has 1 amide bonds. The second-order valence-electron chi connectivity index (χ2n) is 5.22. The molecule has 2 aromatic carbocycles. The van der Waals surface area contributed by atoms with Crippen LogP contribution in [0.3, 0.4) is 0 Å². The highest BCUT2D eigenvalue weighted by molar-refractivity contribution is 5.94. The zero-order valence-corrected chi connectivity index (χ0v) is 14.6. The van der Waals surface area contributed by atoms with Gasteiger partial charge in [0.1, 0.15) is 23.9 Å². The Labute approximate surface area is 148 Å². The van der Waals surface area contributed by atoms with Gasteiger partial charge in [-0.05, 0) is 49.4 Å². The van der Waals surface area contributed by atoms with Gasteiger partial charge in [0, 0.05) is 17.7 Å². The second-order valence-corrected chi connectivity index (χ2v) is 5.22. The van der Waals surface area contributed by atoms with Crippen LogP contribution in [0.5, 0.6) is 17.2 Å². The fourth-order valence-corrected chi connectivity index (χ4v) is 2.23. The van der Waals surface area contributed by atoms with Gasteiger partial charge in [0.2, 0.25) is 0 Å². The molecule has 0 aliphatic heterocycles. The summed E-state index contributed by atoms with van der Waals surface area (Å²) in [7, 11) is 1.62. The van der Waals surface area contributed by atoms with Gasteiger partial charge in [-0.15, -0.1) is 6.58 Å². The first kappa shape index (κ1) is 18.4. The molecule has 0 spiro atoms. The third-order valence-electron chi connectivity index (χ3n) is 3.48. The summed E-state index contributed by atoms with van der Waals surface area (Å²) >= 11 is 0. The Kier molecular flexibility index (Phi) is 6.89. The number of hydrogen-bond donors (Lipinski definition) is 1. The molecule has 2 aromatic rings. The lowest BCUT2D eigenvalue weighted by atomic mass is 10.1. The molecule has 2 rings (SSSR count). The number of methoxy groups -OCH3 is 1. The SMILES string of the molecule is C=CCNC(=O)c1ccc(OCC)c(COc2ccc(OC)cc2)c1. The Morgan fingerprint density at radius 1 is 1.12 bits per heavy atom. The molecule has 0 fully saturated rings. The molecule has 0 bridgehead atoms. The molecule has 0 saturated carbocycles. The summed E-state index contributed by atoms with van der Waals surface area (Å²) in [6.45, 7) is 6.76. The lowest BCUT2D eigenvalue weighted by molar-refractivity contribution is 0.0958. The van der Waals surface area contributed by atoms with Gasteiger partial charge in [0.25, 0.3) is 5.91 Å². The number of ether oxygens (including phenoxy) is 3. The molecule has 5 nitrogen and oxygen atoms in total. The maximum absolute atomic E-state index is 12.1. The Morgan fingerprint density at radius 3 is 2.48 bits per heavy atom. The van der Waals surface area contributed by atoms with E-state index in [2.05, 4.69) is 11.9 Å². The highest BCUT2D eigenvalue weighted by Gasteiger charge is 2.11. The van der Waals surface area contributed by atoms with Crippen molar-refractivity contribution in [2.45, 2.75) is 13.5 Å². The monoisotopic (exact) mass is 341 g/mol. The highest BCUT2D eigenvalue weighted by Crippen LogP contribution is 2.24. The van der Waals surface area contributed by atoms with Crippen molar-refractivity contribution in [1.29, 1.82) is 0 Å². The number of nitrogens with one attached hydrogen (secondary N) is 1. The lowest BCUT2D eigenvalue weighted by Gasteiger charge is -2.13. The number of benzene rings is 2. The first-order valence-electron chi connectivity index (χ1n) is 8.09. The van der Waals surface area contributed by atoms with Crippen LogP contribution in [0.4, 0.5) is 0 Å². The van der Waals surface area contributed by atoms with Crippen molar-refractivity contribution in [3.63, 3.8) is 0 Å².